The van der Waals surface area contributed by atoms with Crippen molar-refractivity contribution >= 4 is 15.9 Å². The van der Waals surface area contributed by atoms with E-state index in [9.17, 15) is 0 Å². The summed E-state index contributed by atoms with van der Waals surface area (Å²) in [6.45, 7) is 2.15. The van der Waals surface area contributed by atoms with Crippen molar-refractivity contribution in [3.05, 3.63) is 41.7 Å². The zero-order valence-corrected chi connectivity index (χ0v) is 10.1. The van der Waals surface area contributed by atoms with Gasteiger partial charge in [-0.3, -0.25) is 0 Å². The summed E-state index contributed by atoms with van der Waals surface area (Å²) in [6.07, 6.45) is 2.99. The van der Waals surface area contributed by atoms with Gasteiger partial charge in [-0.25, -0.2) is 4.68 Å². The molecule has 0 aliphatic heterocycles. The van der Waals surface area contributed by atoms with Crippen LogP contribution in [0.1, 0.15) is 18.2 Å². The van der Waals surface area contributed by atoms with E-state index in [-0.39, 0.29) is 0 Å². The second-order valence-corrected chi connectivity index (χ2v) is 3.87. The Hall–Kier alpha value is -1.16. The van der Waals surface area contributed by atoms with E-state index < -0.39 is 0 Å². The van der Waals surface area contributed by atoms with Crippen molar-refractivity contribution in [1.82, 2.24) is 15.0 Å². The Labute approximate surface area is 97.2 Å². The summed E-state index contributed by atoms with van der Waals surface area (Å²) >= 11 is 3.35. The maximum absolute atomic E-state index is 4.05. The molecule has 0 aliphatic carbocycles. The summed E-state index contributed by atoms with van der Waals surface area (Å²) in [6, 6.07) is 8.35. The highest BCUT2D eigenvalue weighted by Gasteiger charge is 2.00. The number of halogens is 1. The topological polar surface area (TPSA) is 30.7 Å². The number of hydrogen-bond donors (Lipinski definition) is 0. The lowest BCUT2D eigenvalue weighted by molar-refractivity contribution is 0.800. The van der Waals surface area contributed by atoms with Crippen molar-refractivity contribution in [3.63, 3.8) is 0 Å². The first-order valence-electron chi connectivity index (χ1n) is 4.90. The highest BCUT2D eigenvalue weighted by Crippen LogP contribution is 2.10. The van der Waals surface area contributed by atoms with Gasteiger partial charge in [0.15, 0.2) is 0 Å². The molecule has 78 valence electrons. The normalized spacial score (nSPS) is 10.5. The van der Waals surface area contributed by atoms with Gasteiger partial charge in [-0.15, -0.1) is 5.10 Å². The Bertz CT molecular complexity index is 433. The summed E-state index contributed by atoms with van der Waals surface area (Å²) < 4.78 is 1.79. The van der Waals surface area contributed by atoms with Crippen LogP contribution in [0.5, 0.6) is 0 Å². The van der Waals surface area contributed by atoms with Crippen LogP contribution in [0.4, 0.5) is 0 Å². The number of alkyl halides is 1. The van der Waals surface area contributed by atoms with Crippen LogP contribution in [0, 0.1) is 0 Å². The number of nitrogens with zero attached hydrogens (tertiary/aromatic N) is 3. The Kier molecular flexibility index (Phi) is 3.16. The predicted molar refractivity (Wildman–Crippen MR) is 63.4 cm³/mol. The molecule has 15 heavy (non-hydrogen) atoms. The molecule has 0 saturated carbocycles. The Morgan fingerprint density at radius 1 is 1.27 bits per heavy atom. The lowest BCUT2D eigenvalue weighted by Gasteiger charge is -2.00. The summed E-state index contributed by atoms with van der Waals surface area (Å²) in [5, 5.41) is 8.81. The third kappa shape index (κ3) is 2.26. The summed E-state index contributed by atoms with van der Waals surface area (Å²) in [4.78, 5) is 0. The molecule has 2 aromatic rings. The molecular formula is C11H12BrN3. The molecule has 0 spiro atoms. The minimum Gasteiger partial charge on any atom is -0.220 e. The lowest BCUT2D eigenvalue weighted by Crippen LogP contribution is -1.94. The first-order valence-corrected chi connectivity index (χ1v) is 6.02. The van der Waals surface area contributed by atoms with Crippen molar-refractivity contribution in [2.45, 2.75) is 18.7 Å². The van der Waals surface area contributed by atoms with Crippen molar-refractivity contribution in [3.8, 4) is 5.69 Å². The second-order valence-electron chi connectivity index (χ2n) is 3.31. The van der Waals surface area contributed by atoms with Crippen molar-refractivity contribution in [2.75, 3.05) is 0 Å². The lowest BCUT2D eigenvalue weighted by atomic mass is 10.1. The zero-order valence-electron chi connectivity index (χ0n) is 8.52. The molecule has 0 fully saturated rings. The first kappa shape index (κ1) is 10.4. The highest BCUT2D eigenvalue weighted by atomic mass is 79.9. The van der Waals surface area contributed by atoms with Gasteiger partial charge in [0.05, 0.1) is 17.6 Å². The number of hydrogen-bond acceptors (Lipinski definition) is 2. The van der Waals surface area contributed by atoms with Crippen LogP contribution in [0.2, 0.25) is 0 Å². The van der Waals surface area contributed by atoms with Crippen LogP contribution in [0.15, 0.2) is 30.5 Å². The van der Waals surface area contributed by atoms with Gasteiger partial charge in [0, 0.05) is 5.33 Å². The van der Waals surface area contributed by atoms with Gasteiger partial charge in [-0.05, 0) is 24.1 Å². The van der Waals surface area contributed by atoms with E-state index in [0.717, 1.165) is 23.1 Å². The molecule has 0 unspecified atom stereocenters. The minimum atomic E-state index is 0.736. The molecule has 0 N–H and O–H groups in total. The quantitative estimate of drug-likeness (QED) is 0.800. The maximum Gasteiger partial charge on any atom is 0.0937 e. The van der Waals surface area contributed by atoms with Crippen molar-refractivity contribution in [2.24, 2.45) is 0 Å². The minimum absolute atomic E-state index is 0.736. The van der Waals surface area contributed by atoms with Gasteiger partial charge in [0.2, 0.25) is 0 Å². The number of rotatable bonds is 3. The molecular weight excluding hydrogens is 254 g/mol. The average Bonchev–Trinajstić information content (AvgIpc) is 2.78. The number of aryl methyl sites for hydroxylation is 1. The van der Waals surface area contributed by atoms with Crippen molar-refractivity contribution < 1.29 is 0 Å². The molecule has 2 rings (SSSR count). The molecule has 0 bridgehead atoms. The van der Waals surface area contributed by atoms with E-state index in [1.54, 1.807) is 4.68 Å². The third-order valence-corrected chi connectivity index (χ3v) is 2.86. The standard InChI is InChI=1S/C11H12BrN3/c1-2-9-3-5-11(6-4-9)15-8-10(7-12)13-14-15/h3-6,8H,2,7H2,1H3. The van der Waals surface area contributed by atoms with Crippen LogP contribution in [0.3, 0.4) is 0 Å². The smallest absolute Gasteiger partial charge is 0.0937 e. The average molecular weight is 266 g/mol. The molecule has 1 aromatic heterocycles. The van der Waals surface area contributed by atoms with Crippen LogP contribution >= 0.6 is 15.9 Å². The van der Waals surface area contributed by atoms with Gasteiger partial charge in [-0.2, -0.15) is 0 Å². The fourth-order valence-electron chi connectivity index (χ4n) is 1.37. The van der Waals surface area contributed by atoms with Gasteiger partial charge >= 0.3 is 0 Å². The largest absolute Gasteiger partial charge is 0.220 e. The molecule has 3 nitrogen and oxygen atoms in total. The van der Waals surface area contributed by atoms with E-state index in [0.29, 0.717) is 0 Å². The van der Waals surface area contributed by atoms with E-state index in [1.165, 1.54) is 5.56 Å². The van der Waals surface area contributed by atoms with Gasteiger partial charge in [-0.1, -0.05) is 40.2 Å². The highest BCUT2D eigenvalue weighted by molar-refractivity contribution is 9.08. The predicted octanol–water partition coefficient (Wildman–Crippen LogP) is 2.72. The Morgan fingerprint density at radius 3 is 2.53 bits per heavy atom. The fraction of sp³-hybridized carbons (Fsp3) is 0.273. The monoisotopic (exact) mass is 265 g/mol. The number of aromatic nitrogens is 3. The van der Waals surface area contributed by atoms with Gasteiger partial charge < -0.3 is 0 Å². The molecule has 4 heteroatoms. The summed E-state index contributed by atoms with van der Waals surface area (Å²) in [5.41, 5.74) is 3.32. The Balaban J connectivity index is 2.28. The molecule has 0 saturated heterocycles. The van der Waals surface area contributed by atoms with E-state index >= 15 is 0 Å². The van der Waals surface area contributed by atoms with E-state index in [2.05, 4.69) is 57.4 Å². The van der Waals surface area contributed by atoms with Crippen LogP contribution < -0.4 is 0 Å². The maximum atomic E-state index is 4.05. The molecule has 0 aliphatic rings. The number of benzene rings is 1. The molecule has 0 amide bonds. The third-order valence-electron chi connectivity index (χ3n) is 2.29. The molecule has 0 radical (unpaired) electrons. The second kappa shape index (κ2) is 4.57. The SMILES string of the molecule is CCc1ccc(-n2cc(CBr)nn2)cc1. The molecule has 1 heterocycles. The summed E-state index contributed by atoms with van der Waals surface area (Å²) in [5.74, 6) is 0. The van der Waals surface area contributed by atoms with Crippen molar-refractivity contribution in [1.29, 1.82) is 0 Å². The van der Waals surface area contributed by atoms with E-state index in [1.807, 2.05) is 6.20 Å². The van der Waals surface area contributed by atoms with Crippen LogP contribution in [-0.2, 0) is 11.8 Å². The van der Waals surface area contributed by atoms with Gasteiger partial charge in [0.25, 0.3) is 0 Å². The fourth-order valence-corrected chi connectivity index (χ4v) is 1.63. The van der Waals surface area contributed by atoms with E-state index in [4.69, 9.17) is 0 Å². The first-order chi connectivity index (χ1) is 7.33. The van der Waals surface area contributed by atoms with Crippen LogP contribution in [-0.4, -0.2) is 15.0 Å². The zero-order chi connectivity index (χ0) is 10.7. The molecule has 0 atom stereocenters. The molecule has 1 aromatic carbocycles. The van der Waals surface area contributed by atoms with Gasteiger partial charge in [0.1, 0.15) is 0 Å². The van der Waals surface area contributed by atoms with Crippen LogP contribution in [0.25, 0.3) is 5.69 Å². The Morgan fingerprint density at radius 2 is 2.00 bits per heavy atom. The summed E-state index contributed by atoms with van der Waals surface area (Å²) in [7, 11) is 0.